The van der Waals surface area contributed by atoms with Crippen molar-refractivity contribution in [3.63, 3.8) is 0 Å². The van der Waals surface area contributed by atoms with Gasteiger partial charge >= 0.3 is 0 Å². The van der Waals surface area contributed by atoms with Crippen molar-refractivity contribution in [2.45, 2.75) is 32.0 Å². The Morgan fingerprint density at radius 1 is 1.39 bits per heavy atom. The minimum Gasteiger partial charge on any atom is -0.373 e. The molecule has 1 aromatic carbocycles. The van der Waals surface area contributed by atoms with Gasteiger partial charge in [-0.1, -0.05) is 37.3 Å². The fourth-order valence-corrected chi connectivity index (χ4v) is 3.19. The van der Waals surface area contributed by atoms with Crippen LogP contribution in [0.15, 0.2) is 30.3 Å². The van der Waals surface area contributed by atoms with Crippen LogP contribution < -0.4 is 10.6 Å². The van der Waals surface area contributed by atoms with Gasteiger partial charge in [-0.15, -0.1) is 0 Å². The van der Waals surface area contributed by atoms with Crippen molar-refractivity contribution < 1.29 is 9.53 Å². The highest BCUT2D eigenvalue weighted by molar-refractivity contribution is 5.80. The van der Waals surface area contributed by atoms with Crippen LogP contribution in [-0.2, 0) is 16.1 Å². The van der Waals surface area contributed by atoms with Gasteiger partial charge in [0.05, 0.1) is 24.7 Å². The molecule has 23 heavy (non-hydrogen) atoms. The number of benzene rings is 1. The van der Waals surface area contributed by atoms with E-state index in [1.807, 2.05) is 6.07 Å². The van der Waals surface area contributed by atoms with Crippen LogP contribution >= 0.6 is 0 Å². The van der Waals surface area contributed by atoms with E-state index in [1.54, 1.807) is 0 Å². The van der Waals surface area contributed by atoms with Crippen LogP contribution in [0.25, 0.3) is 0 Å². The minimum atomic E-state index is 0.0782. The topological polar surface area (TPSA) is 53.6 Å². The number of amides is 1. The average Bonchev–Trinajstić information content (AvgIpc) is 2.52. The molecule has 2 fully saturated rings. The van der Waals surface area contributed by atoms with Gasteiger partial charge < -0.3 is 15.4 Å². The summed E-state index contributed by atoms with van der Waals surface area (Å²) in [5, 5.41) is 6.34. The van der Waals surface area contributed by atoms with Gasteiger partial charge in [-0.3, -0.25) is 9.69 Å². The highest BCUT2D eigenvalue weighted by atomic mass is 16.5. The van der Waals surface area contributed by atoms with Crippen molar-refractivity contribution in [1.29, 1.82) is 0 Å². The molecule has 0 aromatic heterocycles. The lowest BCUT2D eigenvalue weighted by molar-refractivity contribution is -0.129. The molecule has 2 heterocycles. The number of nitrogens with one attached hydrogen (secondary N) is 2. The fourth-order valence-electron chi connectivity index (χ4n) is 3.19. The van der Waals surface area contributed by atoms with Gasteiger partial charge in [-0.25, -0.2) is 0 Å². The van der Waals surface area contributed by atoms with Crippen molar-refractivity contribution in [3.8, 4) is 0 Å². The number of ether oxygens (including phenoxy) is 1. The summed E-state index contributed by atoms with van der Waals surface area (Å²) in [6.45, 7) is 7.21. The number of carbonyl (C=O) groups is 1. The molecule has 2 N–H and O–H groups in total. The zero-order chi connectivity index (χ0) is 16.1. The molecule has 2 aliphatic rings. The van der Waals surface area contributed by atoms with Crippen molar-refractivity contribution >= 4 is 5.91 Å². The van der Waals surface area contributed by atoms with Crippen LogP contribution in [0, 0.1) is 5.92 Å². The molecule has 126 valence electrons. The zero-order valence-corrected chi connectivity index (χ0v) is 13.8. The first kappa shape index (κ1) is 16.4. The van der Waals surface area contributed by atoms with E-state index in [0.29, 0.717) is 0 Å². The SMILES string of the molecule is CCC(NC(=O)C1CNC1)C1CN(Cc2ccccc2)CCO1. The molecular weight excluding hydrogens is 290 g/mol. The van der Waals surface area contributed by atoms with E-state index in [1.165, 1.54) is 5.56 Å². The summed E-state index contributed by atoms with van der Waals surface area (Å²) < 4.78 is 5.96. The van der Waals surface area contributed by atoms with Crippen LogP contribution in [0.2, 0.25) is 0 Å². The summed E-state index contributed by atoms with van der Waals surface area (Å²) in [7, 11) is 0. The van der Waals surface area contributed by atoms with E-state index < -0.39 is 0 Å². The largest absolute Gasteiger partial charge is 0.373 e. The Kier molecular flexibility index (Phi) is 5.65. The molecule has 0 bridgehead atoms. The molecule has 0 radical (unpaired) electrons. The Morgan fingerprint density at radius 3 is 2.83 bits per heavy atom. The number of hydrogen-bond acceptors (Lipinski definition) is 4. The van der Waals surface area contributed by atoms with Crippen molar-refractivity contribution in [2.75, 3.05) is 32.8 Å². The van der Waals surface area contributed by atoms with Crippen molar-refractivity contribution in [1.82, 2.24) is 15.5 Å². The van der Waals surface area contributed by atoms with Crippen LogP contribution in [0.5, 0.6) is 0 Å². The normalized spacial score (nSPS) is 24.0. The first-order chi connectivity index (χ1) is 11.3. The minimum absolute atomic E-state index is 0.0782. The second-order valence-corrected chi connectivity index (χ2v) is 6.51. The number of nitrogens with zero attached hydrogens (tertiary/aromatic N) is 1. The first-order valence-corrected chi connectivity index (χ1v) is 8.65. The zero-order valence-electron chi connectivity index (χ0n) is 13.8. The number of morpholine rings is 1. The van der Waals surface area contributed by atoms with Gasteiger partial charge in [-0.2, -0.15) is 0 Å². The molecule has 3 rings (SSSR count). The molecule has 2 aliphatic heterocycles. The molecule has 0 spiro atoms. The molecule has 0 aliphatic carbocycles. The summed E-state index contributed by atoms with van der Waals surface area (Å²) in [5.74, 6) is 0.299. The summed E-state index contributed by atoms with van der Waals surface area (Å²) in [6.07, 6.45) is 0.977. The Hall–Kier alpha value is -1.43. The van der Waals surface area contributed by atoms with Crippen molar-refractivity contribution in [2.24, 2.45) is 5.92 Å². The standard InChI is InChI=1S/C18H27N3O2/c1-2-16(20-18(22)15-10-19-11-15)17-13-21(8-9-23-17)12-14-6-4-3-5-7-14/h3-7,15-17,19H,2,8-13H2,1H3,(H,20,22). The van der Waals surface area contributed by atoms with Gasteiger partial charge in [0.1, 0.15) is 0 Å². The molecule has 1 aromatic rings. The van der Waals surface area contributed by atoms with Gasteiger partial charge in [0.2, 0.25) is 5.91 Å². The summed E-state index contributed by atoms with van der Waals surface area (Å²) in [5.41, 5.74) is 1.32. The smallest absolute Gasteiger partial charge is 0.225 e. The van der Waals surface area contributed by atoms with Crippen LogP contribution in [0.1, 0.15) is 18.9 Å². The van der Waals surface area contributed by atoms with Gasteiger partial charge in [0.15, 0.2) is 0 Å². The van der Waals surface area contributed by atoms with E-state index in [0.717, 1.165) is 45.8 Å². The third-order valence-electron chi connectivity index (χ3n) is 4.80. The predicted molar refractivity (Wildman–Crippen MR) is 90.0 cm³/mol. The van der Waals surface area contributed by atoms with Crippen LogP contribution in [0.3, 0.4) is 0 Å². The maximum absolute atomic E-state index is 12.2. The third kappa shape index (κ3) is 4.31. The van der Waals surface area contributed by atoms with Crippen LogP contribution in [-0.4, -0.2) is 55.7 Å². The first-order valence-electron chi connectivity index (χ1n) is 8.65. The van der Waals surface area contributed by atoms with E-state index in [-0.39, 0.29) is 24.0 Å². The monoisotopic (exact) mass is 317 g/mol. The highest BCUT2D eigenvalue weighted by Crippen LogP contribution is 2.15. The maximum atomic E-state index is 12.2. The summed E-state index contributed by atoms with van der Waals surface area (Å²) >= 11 is 0. The van der Waals surface area contributed by atoms with Crippen molar-refractivity contribution in [3.05, 3.63) is 35.9 Å². The molecule has 2 unspecified atom stereocenters. The lowest BCUT2D eigenvalue weighted by atomic mass is 10.00. The van der Waals surface area contributed by atoms with E-state index in [2.05, 4.69) is 46.7 Å². The number of rotatable bonds is 6. The molecule has 1 amide bonds. The van der Waals surface area contributed by atoms with Gasteiger partial charge in [0, 0.05) is 32.7 Å². The van der Waals surface area contributed by atoms with E-state index in [9.17, 15) is 4.79 Å². The molecule has 0 saturated carbocycles. The number of carbonyl (C=O) groups excluding carboxylic acids is 1. The molecular formula is C18H27N3O2. The van der Waals surface area contributed by atoms with E-state index >= 15 is 0 Å². The predicted octanol–water partition coefficient (Wildman–Crippen LogP) is 1.00. The molecule has 2 atom stereocenters. The fraction of sp³-hybridized carbons (Fsp3) is 0.611. The Labute approximate surface area is 138 Å². The van der Waals surface area contributed by atoms with E-state index in [4.69, 9.17) is 4.74 Å². The average molecular weight is 317 g/mol. The Morgan fingerprint density at radius 2 is 2.17 bits per heavy atom. The van der Waals surface area contributed by atoms with Gasteiger partial charge in [-0.05, 0) is 12.0 Å². The molecule has 5 heteroatoms. The quantitative estimate of drug-likeness (QED) is 0.822. The summed E-state index contributed by atoms with van der Waals surface area (Å²) in [6, 6.07) is 10.6. The lowest BCUT2D eigenvalue weighted by Gasteiger charge is -2.38. The van der Waals surface area contributed by atoms with Gasteiger partial charge in [0.25, 0.3) is 0 Å². The highest BCUT2D eigenvalue weighted by Gasteiger charge is 2.31. The summed E-state index contributed by atoms with van der Waals surface area (Å²) in [4.78, 5) is 14.6. The maximum Gasteiger partial charge on any atom is 0.225 e. The van der Waals surface area contributed by atoms with Crippen LogP contribution in [0.4, 0.5) is 0 Å². The second-order valence-electron chi connectivity index (χ2n) is 6.51. The Bertz CT molecular complexity index is 504. The lowest BCUT2D eigenvalue weighted by Crippen LogP contribution is -2.57. The third-order valence-corrected chi connectivity index (χ3v) is 4.80. The second kappa shape index (κ2) is 7.90. The Balaban J connectivity index is 1.54. The molecule has 2 saturated heterocycles. The number of hydrogen-bond donors (Lipinski definition) is 2. The molecule has 5 nitrogen and oxygen atoms in total.